The van der Waals surface area contributed by atoms with Crippen LogP contribution < -0.4 is 10.1 Å². The Balaban J connectivity index is 2.45. The molecule has 0 heterocycles. The number of hydrogen-bond acceptors (Lipinski definition) is 3. The van der Waals surface area contributed by atoms with Crippen LogP contribution in [0.1, 0.15) is 31.4 Å². The quantitative estimate of drug-likeness (QED) is 0.774. The van der Waals surface area contributed by atoms with Crippen LogP contribution in [-0.4, -0.2) is 30.1 Å². The van der Waals surface area contributed by atoms with Crippen LogP contribution >= 0.6 is 0 Å². The fraction of sp³-hybridized carbons (Fsp3) is 0.529. The molecule has 0 bridgehead atoms. The van der Waals surface area contributed by atoms with E-state index in [4.69, 9.17) is 9.84 Å². The number of carbonyl (C=O) groups is 2. The molecule has 0 aromatic heterocycles. The van der Waals surface area contributed by atoms with E-state index in [9.17, 15) is 9.59 Å². The third-order valence-corrected chi connectivity index (χ3v) is 3.35. The Morgan fingerprint density at radius 2 is 1.95 bits per heavy atom. The van der Waals surface area contributed by atoms with Crippen molar-refractivity contribution in [3.63, 3.8) is 0 Å². The lowest BCUT2D eigenvalue weighted by Crippen LogP contribution is -2.36. The first-order valence-corrected chi connectivity index (χ1v) is 7.49. The molecule has 1 atom stereocenters. The maximum atomic E-state index is 11.8. The van der Waals surface area contributed by atoms with Crippen molar-refractivity contribution in [2.24, 2.45) is 11.8 Å². The first kappa shape index (κ1) is 18.0. The zero-order chi connectivity index (χ0) is 16.7. The van der Waals surface area contributed by atoms with Gasteiger partial charge in [0.2, 0.25) is 0 Å². The fourth-order valence-electron chi connectivity index (χ4n) is 2.13. The average molecular weight is 307 g/mol. The van der Waals surface area contributed by atoms with E-state index in [2.05, 4.69) is 5.32 Å². The smallest absolute Gasteiger partial charge is 0.308 e. The van der Waals surface area contributed by atoms with Gasteiger partial charge in [-0.2, -0.15) is 0 Å². The summed E-state index contributed by atoms with van der Waals surface area (Å²) in [7, 11) is 0. The number of aliphatic carboxylic acids is 1. The molecule has 1 aromatic carbocycles. The molecule has 1 unspecified atom stereocenters. The Bertz CT molecular complexity index is 525. The van der Waals surface area contributed by atoms with Crippen molar-refractivity contribution in [2.75, 3.05) is 13.2 Å². The summed E-state index contributed by atoms with van der Waals surface area (Å²) in [4.78, 5) is 22.9. The van der Waals surface area contributed by atoms with Crippen molar-refractivity contribution in [1.29, 1.82) is 0 Å². The van der Waals surface area contributed by atoms with Gasteiger partial charge in [0, 0.05) is 6.54 Å². The van der Waals surface area contributed by atoms with Crippen molar-refractivity contribution in [3.05, 3.63) is 29.3 Å². The van der Waals surface area contributed by atoms with Gasteiger partial charge in [0.15, 0.2) is 6.61 Å². The molecule has 1 rings (SSSR count). The predicted molar refractivity (Wildman–Crippen MR) is 85.0 cm³/mol. The van der Waals surface area contributed by atoms with Gasteiger partial charge in [0.1, 0.15) is 5.75 Å². The van der Waals surface area contributed by atoms with Crippen molar-refractivity contribution >= 4 is 11.9 Å². The number of ether oxygens (including phenoxy) is 1. The molecule has 5 heteroatoms. The summed E-state index contributed by atoms with van der Waals surface area (Å²) in [5.74, 6) is -0.818. The van der Waals surface area contributed by atoms with Gasteiger partial charge in [-0.1, -0.05) is 26.0 Å². The van der Waals surface area contributed by atoms with Gasteiger partial charge in [-0.15, -0.1) is 0 Å². The summed E-state index contributed by atoms with van der Waals surface area (Å²) >= 11 is 0. The molecule has 1 amide bonds. The lowest BCUT2D eigenvalue weighted by molar-refractivity contribution is -0.142. The second-order valence-electron chi connectivity index (χ2n) is 6.03. The van der Waals surface area contributed by atoms with Crippen molar-refractivity contribution in [2.45, 2.75) is 34.1 Å². The minimum atomic E-state index is -0.885. The Hall–Kier alpha value is -2.04. The summed E-state index contributed by atoms with van der Waals surface area (Å²) in [5, 5.41) is 11.8. The van der Waals surface area contributed by atoms with Crippen LogP contribution in [0.25, 0.3) is 0 Å². The van der Waals surface area contributed by atoms with Gasteiger partial charge in [0.05, 0.1) is 5.92 Å². The van der Waals surface area contributed by atoms with Gasteiger partial charge < -0.3 is 15.2 Å². The first-order valence-electron chi connectivity index (χ1n) is 7.49. The summed E-state index contributed by atoms with van der Waals surface area (Å²) in [6, 6.07) is 5.79. The molecule has 0 fully saturated rings. The number of carbonyl (C=O) groups excluding carboxylic acids is 1. The van der Waals surface area contributed by atoms with Crippen LogP contribution in [0.5, 0.6) is 5.75 Å². The van der Waals surface area contributed by atoms with Gasteiger partial charge in [-0.25, -0.2) is 0 Å². The molecular weight excluding hydrogens is 282 g/mol. The predicted octanol–water partition coefficient (Wildman–Crippen LogP) is 2.55. The first-order chi connectivity index (χ1) is 10.3. The summed E-state index contributed by atoms with van der Waals surface area (Å²) in [5.41, 5.74) is 2.02. The van der Waals surface area contributed by atoms with Crippen LogP contribution in [0.3, 0.4) is 0 Å². The van der Waals surface area contributed by atoms with E-state index in [0.717, 1.165) is 11.1 Å². The molecule has 0 aliphatic rings. The molecule has 1 aromatic rings. The second-order valence-corrected chi connectivity index (χ2v) is 6.03. The van der Waals surface area contributed by atoms with Gasteiger partial charge in [-0.3, -0.25) is 9.59 Å². The largest absolute Gasteiger partial charge is 0.483 e. The number of hydrogen-bond donors (Lipinski definition) is 2. The van der Waals surface area contributed by atoms with E-state index in [1.54, 1.807) is 0 Å². The van der Waals surface area contributed by atoms with Gasteiger partial charge >= 0.3 is 5.97 Å². The van der Waals surface area contributed by atoms with E-state index < -0.39 is 11.9 Å². The van der Waals surface area contributed by atoms with Crippen LogP contribution in [-0.2, 0) is 9.59 Å². The standard InChI is InChI=1S/C17H25NO4/c1-11(2)7-14(17(20)21)9-18-16(19)10-22-15-8-12(3)5-6-13(15)4/h5-6,8,11,14H,7,9-10H2,1-4H3,(H,18,19)(H,20,21). The summed E-state index contributed by atoms with van der Waals surface area (Å²) in [6.45, 7) is 7.80. The van der Waals surface area contributed by atoms with E-state index in [1.165, 1.54) is 0 Å². The third kappa shape index (κ3) is 6.16. The van der Waals surface area contributed by atoms with Crippen molar-refractivity contribution < 1.29 is 19.4 Å². The van der Waals surface area contributed by atoms with Crippen LogP contribution in [0.4, 0.5) is 0 Å². The number of nitrogens with one attached hydrogen (secondary N) is 1. The number of rotatable bonds is 8. The number of carboxylic acids is 1. The number of aryl methyl sites for hydroxylation is 2. The molecule has 0 aliphatic heterocycles. The highest BCUT2D eigenvalue weighted by atomic mass is 16.5. The molecule has 22 heavy (non-hydrogen) atoms. The average Bonchev–Trinajstić information content (AvgIpc) is 2.43. The molecule has 0 spiro atoms. The van der Waals surface area contributed by atoms with E-state index in [-0.39, 0.29) is 25.0 Å². The molecule has 5 nitrogen and oxygen atoms in total. The Morgan fingerprint density at radius 3 is 2.55 bits per heavy atom. The van der Waals surface area contributed by atoms with Gasteiger partial charge in [-0.05, 0) is 43.4 Å². The van der Waals surface area contributed by atoms with Gasteiger partial charge in [0.25, 0.3) is 5.91 Å². The lowest BCUT2D eigenvalue weighted by atomic mass is 9.97. The Labute approximate surface area is 131 Å². The molecule has 2 N–H and O–H groups in total. The van der Waals surface area contributed by atoms with E-state index >= 15 is 0 Å². The number of benzene rings is 1. The molecule has 0 radical (unpaired) electrons. The zero-order valence-corrected chi connectivity index (χ0v) is 13.7. The zero-order valence-electron chi connectivity index (χ0n) is 13.7. The minimum Gasteiger partial charge on any atom is -0.483 e. The monoisotopic (exact) mass is 307 g/mol. The second kappa shape index (κ2) is 8.41. The summed E-state index contributed by atoms with van der Waals surface area (Å²) < 4.78 is 5.49. The fourth-order valence-corrected chi connectivity index (χ4v) is 2.13. The topological polar surface area (TPSA) is 75.6 Å². The SMILES string of the molecule is Cc1ccc(C)c(OCC(=O)NCC(CC(C)C)C(=O)O)c1. The van der Waals surface area contributed by atoms with E-state index in [1.807, 2.05) is 45.9 Å². The highest BCUT2D eigenvalue weighted by molar-refractivity contribution is 5.78. The molecule has 122 valence electrons. The van der Waals surface area contributed by atoms with Crippen LogP contribution in [0.2, 0.25) is 0 Å². The molecule has 0 saturated heterocycles. The Morgan fingerprint density at radius 1 is 1.27 bits per heavy atom. The molecule has 0 aliphatic carbocycles. The van der Waals surface area contributed by atoms with Crippen molar-refractivity contribution in [3.8, 4) is 5.75 Å². The van der Waals surface area contributed by atoms with Crippen LogP contribution in [0, 0.1) is 25.7 Å². The van der Waals surface area contributed by atoms with Crippen molar-refractivity contribution in [1.82, 2.24) is 5.32 Å². The maximum Gasteiger partial charge on any atom is 0.308 e. The molecule has 0 saturated carbocycles. The van der Waals surface area contributed by atoms with E-state index in [0.29, 0.717) is 12.2 Å². The highest BCUT2D eigenvalue weighted by Gasteiger charge is 2.19. The molecular formula is C17H25NO4. The maximum absolute atomic E-state index is 11.8. The number of carboxylic acid groups (broad SMARTS) is 1. The normalized spacial score (nSPS) is 12.0. The minimum absolute atomic E-state index is 0.113. The van der Waals surface area contributed by atoms with Crippen LogP contribution in [0.15, 0.2) is 18.2 Å². The third-order valence-electron chi connectivity index (χ3n) is 3.35. The highest BCUT2D eigenvalue weighted by Crippen LogP contribution is 2.18. The lowest BCUT2D eigenvalue weighted by Gasteiger charge is -2.16. The Kier molecular flexibility index (Phi) is 6.89. The number of amides is 1. The summed E-state index contributed by atoms with van der Waals surface area (Å²) in [6.07, 6.45) is 0.535.